The first kappa shape index (κ1) is 34.2. The maximum atomic E-state index is 2.67. The molecule has 2 heterocycles. The van der Waals surface area contributed by atoms with Crippen LogP contribution in [0.4, 0.5) is 17.1 Å². The summed E-state index contributed by atoms with van der Waals surface area (Å²) in [6, 6.07) is 27.3. The van der Waals surface area contributed by atoms with Crippen molar-refractivity contribution in [2.45, 2.75) is 149 Å². The number of hydrogen-bond acceptors (Lipinski definition) is 1. The molecule has 3 aliphatic rings. The van der Waals surface area contributed by atoms with Gasteiger partial charge < -0.3 is 4.90 Å². The SMILES string of the molecule is CC(C)(C)c1cc(N2c3cc(C(C)(C)C)ccc3B3c4cc5c(cc4C(C)(C)c4cccc2c43)C(C)(C)CCC5(C)C)cc(C(C)(C)C)c1. The minimum atomic E-state index is -0.123. The molecule has 0 radical (unpaired) electrons. The fourth-order valence-electron chi connectivity index (χ4n) is 9.09. The standard InChI is InChI=1S/C47H60BN/c1-42(2,3)29-19-20-37-40(26-29)49(32-24-30(43(4,5)6)23-31(25-32)44(7,8)9)39-18-16-17-33-41(39)48(37)38-28-35-34(27-36(38)47(33,14)15)45(10,11)21-22-46(35,12)13/h16-20,23-28H,21-22H2,1-15H3. The zero-order chi connectivity index (χ0) is 35.9. The fourth-order valence-corrected chi connectivity index (χ4v) is 9.09. The van der Waals surface area contributed by atoms with E-state index in [0.29, 0.717) is 0 Å². The smallest absolute Gasteiger partial charge is 0.247 e. The Kier molecular flexibility index (Phi) is 7.26. The van der Waals surface area contributed by atoms with Crippen molar-refractivity contribution in [2.75, 3.05) is 4.90 Å². The Balaban J connectivity index is 1.59. The highest BCUT2D eigenvalue weighted by Crippen LogP contribution is 2.49. The predicted octanol–water partition coefficient (Wildman–Crippen LogP) is 10.9. The summed E-state index contributed by atoms with van der Waals surface area (Å²) < 4.78 is 0. The highest BCUT2D eigenvalue weighted by atomic mass is 15.2. The highest BCUT2D eigenvalue weighted by molar-refractivity contribution is 6.99. The summed E-state index contributed by atoms with van der Waals surface area (Å²) in [4.78, 5) is 2.64. The quantitative estimate of drug-likeness (QED) is 0.163. The second-order valence-corrected chi connectivity index (χ2v) is 20.7. The zero-order valence-electron chi connectivity index (χ0n) is 33.3. The van der Waals surface area contributed by atoms with Crippen molar-refractivity contribution in [2.24, 2.45) is 0 Å². The predicted molar refractivity (Wildman–Crippen MR) is 216 cm³/mol. The molecule has 1 nitrogen and oxygen atoms in total. The second-order valence-electron chi connectivity index (χ2n) is 20.7. The lowest BCUT2D eigenvalue weighted by Gasteiger charge is -2.48. The summed E-state index contributed by atoms with van der Waals surface area (Å²) in [6.07, 6.45) is 2.45. The first-order valence-corrected chi connectivity index (χ1v) is 18.9. The molecule has 49 heavy (non-hydrogen) atoms. The van der Waals surface area contributed by atoms with E-state index in [-0.39, 0.29) is 39.2 Å². The first-order valence-electron chi connectivity index (χ1n) is 18.9. The monoisotopic (exact) mass is 649 g/mol. The Morgan fingerprint density at radius 2 is 1.06 bits per heavy atom. The van der Waals surface area contributed by atoms with Gasteiger partial charge in [-0.2, -0.15) is 0 Å². The van der Waals surface area contributed by atoms with E-state index in [4.69, 9.17) is 0 Å². The molecular weight excluding hydrogens is 589 g/mol. The van der Waals surface area contributed by atoms with Crippen molar-refractivity contribution in [3.63, 3.8) is 0 Å². The van der Waals surface area contributed by atoms with Crippen molar-refractivity contribution in [1.82, 2.24) is 0 Å². The van der Waals surface area contributed by atoms with Crippen LogP contribution < -0.4 is 21.3 Å². The molecule has 0 unspecified atom stereocenters. The van der Waals surface area contributed by atoms with Crippen molar-refractivity contribution in [3.8, 4) is 0 Å². The van der Waals surface area contributed by atoms with Gasteiger partial charge in [-0.1, -0.05) is 152 Å². The largest absolute Gasteiger partial charge is 0.311 e. The minimum Gasteiger partial charge on any atom is -0.311 e. The Hall–Kier alpha value is -3.26. The van der Waals surface area contributed by atoms with Crippen LogP contribution in [0.5, 0.6) is 0 Å². The van der Waals surface area contributed by atoms with Crippen molar-refractivity contribution in [1.29, 1.82) is 0 Å². The van der Waals surface area contributed by atoms with Gasteiger partial charge in [-0.3, -0.25) is 0 Å². The van der Waals surface area contributed by atoms with Crippen molar-refractivity contribution >= 4 is 40.2 Å². The molecule has 256 valence electrons. The molecule has 0 N–H and O–H groups in total. The lowest BCUT2D eigenvalue weighted by molar-refractivity contribution is 0.331. The maximum Gasteiger partial charge on any atom is 0.247 e. The molecule has 0 saturated carbocycles. The van der Waals surface area contributed by atoms with E-state index in [1.54, 1.807) is 11.1 Å². The summed E-state index contributed by atoms with van der Waals surface area (Å²) >= 11 is 0. The summed E-state index contributed by atoms with van der Waals surface area (Å²) in [7, 11) is 0. The molecule has 0 saturated heterocycles. The minimum absolute atomic E-state index is 0.0289. The molecule has 2 aliphatic heterocycles. The highest BCUT2D eigenvalue weighted by Gasteiger charge is 2.48. The van der Waals surface area contributed by atoms with E-state index in [1.165, 1.54) is 74.1 Å². The zero-order valence-corrected chi connectivity index (χ0v) is 33.3. The van der Waals surface area contributed by atoms with Crippen LogP contribution in [0, 0.1) is 0 Å². The van der Waals surface area contributed by atoms with Gasteiger partial charge in [0, 0.05) is 22.5 Å². The van der Waals surface area contributed by atoms with E-state index in [0.717, 1.165) is 0 Å². The van der Waals surface area contributed by atoms with Crippen LogP contribution in [-0.4, -0.2) is 6.71 Å². The van der Waals surface area contributed by atoms with Crippen LogP contribution in [0.15, 0.2) is 66.7 Å². The molecule has 0 aromatic heterocycles. The molecule has 0 bridgehead atoms. The molecule has 0 spiro atoms. The summed E-state index contributed by atoms with van der Waals surface area (Å²) in [5.41, 5.74) is 18.9. The normalized spacial score (nSPS) is 18.8. The van der Waals surface area contributed by atoms with Gasteiger partial charge in [0.1, 0.15) is 0 Å². The van der Waals surface area contributed by atoms with Gasteiger partial charge in [0.25, 0.3) is 0 Å². The summed E-state index contributed by atoms with van der Waals surface area (Å²) in [6.45, 7) is 36.2. The van der Waals surface area contributed by atoms with Gasteiger partial charge in [0.15, 0.2) is 0 Å². The first-order chi connectivity index (χ1) is 22.4. The third kappa shape index (κ3) is 5.25. The third-order valence-electron chi connectivity index (χ3n) is 12.6. The Morgan fingerprint density at radius 1 is 0.510 bits per heavy atom. The Morgan fingerprint density at radius 3 is 1.61 bits per heavy atom. The average molecular weight is 650 g/mol. The lowest BCUT2D eigenvalue weighted by atomic mass is 9.29. The molecule has 0 atom stereocenters. The van der Waals surface area contributed by atoms with Crippen molar-refractivity contribution in [3.05, 3.63) is 106 Å². The van der Waals surface area contributed by atoms with Gasteiger partial charge in [-0.15, -0.1) is 0 Å². The molecule has 2 heteroatoms. The molecule has 0 amide bonds. The second kappa shape index (κ2) is 10.4. The van der Waals surface area contributed by atoms with Gasteiger partial charge in [-0.05, 0) is 114 Å². The van der Waals surface area contributed by atoms with Crippen LogP contribution in [0.1, 0.15) is 156 Å². The van der Waals surface area contributed by atoms with Gasteiger partial charge >= 0.3 is 0 Å². The van der Waals surface area contributed by atoms with E-state index in [2.05, 4.69) is 175 Å². The number of fused-ring (bicyclic) bond motifs is 5. The maximum absolute atomic E-state index is 2.67. The van der Waals surface area contributed by atoms with E-state index >= 15 is 0 Å². The van der Waals surface area contributed by atoms with Crippen LogP contribution in [0.3, 0.4) is 0 Å². The average Bonchev–Trinajstić information content (AvgIpc) is 2.99. The topological polar surface area (TPSA) is 3.24 Å². The van der Waals surface area contributed by atoms with E-state index < -0.39 is 0 Å². The van der Waals surface area contributed by atoms with E-state index in [9.17, 15) is 0 Å². The number of rotatable bonds is 1. The fraction of sp³-hybridized carbons (Fsp3) is 0.489. The molecule has 4 aromatic carbocycles. The van der Waals surface area contributed by atoms with Crippen LogP contribution in [-0.2, 0) is 32.5 Å². The summed E-state index contributed by atoms with van der Waals surface area (Å²) in [5.74, 6) is 0. The molecule has 4 aromatic rings. The number of nitrogens with zero attached hydrogens (tertiary/aromatic N) is 1. The molecule has 1 aliphatic carbocycles. The van der Waals surface area contributed by atoms with Crippen LogP contribution in [0.25, 0.3) is 0 Å². The molecule has 0 fully saturated rings. The van der Waals surface area contributed by atoms with Crippen LogP contribution >= 0.6 is 0 Å². The van der Waals surface area contributed by atoms with Gasteiger partial charge in [-0.25, -0.2) is 0 Å². The molecule has 7 rings (SSSR count). The van der Waals surface area contributed by atoms with Crippen LogP contribution in [0.2, 0.25) is 0 Å². The van der Waals surface area contributed by atoms with Gasteiger partial charge in [0.2, 0.25) is 6.71 Å². The van der Waals surface area contributed by atoms with Gasteiger partial charge in [0.05, 0.1) is 0 Å². The van der Waals surface area contributed by atoms with E-state index in [1.807, 2.05) is 0 Å². The van der Waals surface area contributed by atoms with Crippen molar-refractivity contribution < 1.29 is 0 Å². The lowest BCUT2D eigenvalue weighted by Crippen LogP contribution is -2.64. The number of benzene rings is 4. The Labute approximate surface area is 299 Å². The summed E-state index contributed by atoms with van der Waals surface area (Å²) in [5, 5.41) is 0. The third-order valence-corrected chi connectivity index (χ3v) is 12.6. The Bertz CT molecular complexity index is 1970. The number of hydrogen-bond donors (Lipinski definition) is 0. The number of anilines is 3. The molecular formula is C47H60BN.